The second-order valence-corrected chi connectivity index (χ2v) is 6.68. The van der Waals surface area contributed by atoms with E-state index in [0.29, 0.717) is 23.1 Å². The van der Waals surface area contributed by atoms with Gasteiger partial charge in [-0.3, -0.25) is 9.36 Å². The number of anilines is 1. The summed E-state index contributed by atoms with van der Waals surface area (Å²) in [4.78, 5) is 23.8. The van der Waals surface area contributed by atoms with Crippen LogP contribution in [0, 0.1) is 0 Å². The lowest BCUT2D eigenvalue weighted by molar-refractivity contribution is -0.113. The van der Waals surface area contributed by atoms with Gasteiger partial charge >= 0.3 is 5.69 Å². The zero-order chi connectivity index (χ0) is 19.1. The second-order valence-electron chi connectivity index (χ2n) is 5.74. The lowest BCUT2D eigenvalue weighted by Gasteiger charge is -2.08. The summed E-state index contributed by atoms with van der Waals surface area (Å²) in [5.74, 6) is 1.43. The Balaban J connectivity index is 1.53. The molecule has 27 heavy (non-hydrogen) atoms. The number of H-pyrrole nitrogens is 1. The number of aromatic amines is 1. The third-order valence-electron chi connectivity index (χ3n) is 3.62. The average molecular weight is 384 g/mol. The molecule has 0 aliphatic carbocycles. The summed E-state index contributed by atoms with van der Waals surface area (Å²) in [6.07, 6.45) is 0.816. The van der Waals surface area contributed by atoms with Gasteiger partial charge in [-0.15, -0.1) is 5.10 Å². The zero-order valence-electron chi connectivity index (χ0n) is 14.8. The molecule has 3 aromatic rings. The van der Waals surface area contributed by atoms with E-state index in [2.05, 4.69) is 15.5 Å². The molecule has 8 heteroatoms. The van der Waals surface area contributed by atoms with Crippen molar-refractivity contribution in [2.75, 3.05) is 11.1 Å². The van der Waals surface area contributed by atoms with E-state index in [0.717, 1.165) is 12.2 Å². The molecule has 0 spiro atoms. The molecule has 0 saturated heterocycles. The fourth-order valence-electron chi connectivity index (χ4n) is 2.39. The van der Waals surface area contributed by atoms with Gasteiger partial charge in [-0.25, -0.2) is 9.89 Å². The van der Waals surface area contributed by atoms with Crippen molar-refractivity contribution in [3.8, 4) is 11.5 Å². The summed E-state index contributed by atoms with van der Waals surface area (Å²) >= 11 is 1.22. The van der Waals surface area contributed by atoms with Crippen molar-refractivity contribution < 1.29 is 9.53 Å². The number of nitrogens with zero attached hydrogens (tertiary/aromatic N) is 2. The molecule has 140 valence electrons. The lowest BCUT2D eigenvalue weighted by atomic mass is 10.3. The second kappa shape index (κ2) is 9.09. The SMILES string of the molecule is CCCn1c(SCC(=O)Nc2ccc(Oc3ccccc3)cc2)n[nH]c1=O. The monoisotopic (exact) mass is 384 g/mol. The molecule has 1 heterocycles. The molecule has 1 aromatic heterocycles. The van der Waals surface area contributed by atoms with Gasteiger partial charge in [0.1, 0.15) is 11.5 Å². The molecular weight excluding hydrogens is 364 g/mol. The number of hydrogen-bond donors (Lipinski definition) is 2. The summed E-state index contributed by atoms with van der Waals surface area (Å²) < 4.78 is 7.26. The fraction of sp³-hybridized carbons (Fsp3) is 0.211. The molecule has 2 aromatic carbocycles. The van der Waals surface area contributed by atoms with Gasteiger partial charge in [-0.1, -0.05) is 36.9 Å². The Morgan fingerprint density at radius 2 is 1.85 bits per heavy atom. The van der Waals surface area contributed by atoms with E-state index in [4.69, 9.17) is 4.74 Å². The third-order valence-corrected chi connectivity index (χ3v) is 4.60. The van der Waals surface area contributed by atoms with Crippen LogP contribution in [0.5, 0.6) is 11.5 Å². The highest BCUT2D eigenvalue weighted by atomic mass is 32.2. The average Bonchev–Trinajstić information content (AvgIpc) is 3.03. The van der Waals surface area contributed by atoms with Crippen LogP contribution in [-0.2, 0) is 11.3 Å². The van der Waals surface area contributed by atoms with Crippen LogP contribution in [0.1, 0.15) is 13.3 Å². The number of hydrogen-bond acceptors (Lipinski definition) is 5. The summed E-state index contributed by atoms with van der Waals surface area (Å²) in [5, 5.41) is 9.71. The minimum Gasteiger partial charge on any atom is -0.457 e. The first-order valence-corrected chi connectivity index (χ1v) is 9.55. The predicted molar refractivity (Wildman–Crippen MR) is 105 cm³/mol. The highest BCUT2D eigenvalue weighted by molar-refractivity contribution is 7.99. The van der Waals surface area contributed by atoms with E-state index in [-0.39, 0.29) is 17.3 Å². The van der Waals surface area contributed by atoms with Crippen LogP contribution in [0.25, 0.3) is 0 Å². The van der Waals surface area contributed by atoms with Crippen molar-refractivity contribution in [2.45, 2.75) is 25.0 Å². The molecule has 0 fully saturated rings. The Morgan fingerprint density at radius 3 is 2.56 bits per heavy atom. The van der Waals surface area contributed by atoms with Crippen LogP contribution in [0.3, 0.4) is 0 Å². The van der Waals surface area contributed by atoms with E-state index in [1.165, 1.54) is 16.3 Å². The molecule has 0 saturated carbocycles. The van der Waals surface area contributed by atoms with Crippen molar-refractivity contribution in [3.63, 3.8) is 0 Å². The molecule has 0 bridgehead atoms. The Labute approximate surface area is 160 Å². The number of benzene rings is 2. The zero-order valence-corrected chi connectivity index (χ0v) is 15.7. The van der Waals surface area contributed by atoms with E-state index >= 15 is 0 Å². The summed E-state index contributed by atoms with van der Waals surface area (Å²) in [5.41, 5.74) is 0.419. The van der Waals surface area contributed by atoms with Gasteiger partial charge in [-0.2, -0.15) is 0 Å². The van der Waals surface area contributed by atoms with Gasteiger partial charge in [0.2, 0.25) is 5.91 Å². The minimum absolute atomic E-state index is 0.163. The summed E-state index contributed by atoms with van der Waals surface area (Å²) in [6.45, 7) is 2.55. The van der Waals surface area contributed by atoms with Crippen LogP contribution >= 0.6 is 11.8 Å². The van der Waals surface area contributed by atoms with Gasteiger partial charge in [0.05, 0.1) is 5.75 Å². The van der Waals surface area contributed by atoms with Crippen molar-refractivity contribution in [1.29, 1.82) is 0 Å². The number of carbonyl (C=O) groups is 1. The Morgan fingerprint density at radius 1 is 1.15 bits per heavy atom. The van der Waals surface area contributed by atoms with Crippen LogP contribution in [0.15, 0.2) is 64.5 Å². The van der Waals surface area contributed by atoms with Gasteiger partial charge < -0.3 is 10.1 Å². The maximum atomic E-state index is 12.1. The topological polar surface area (TPSA) is 89.0 Å². The number of carbonyl (C=O) groups excluding carboxylic acids is 1. The van der Waals surface area contributed by atoms with Crippen molar-refractivity contribution in [2.24, 2.45) is 0 Å². The van der Waals surface area contributed by atoms with E-state index in [1.807, 2.05) is 37.3 Å². The quantitative estimate of drug-likeness (QED) is 0.580. The largest absolute Gasteiger partial charge is 0.457 e. The number of aromatic nitrogens is 3. The molecule has 0 aliphatic rings. The van der Waals surface area contributed by atoms with Gasteiger partial charge in [-0.05, 0) is 42.8 Å². The van der Waals surface area contributed by atoms with Gasteiger partial charge in [0.15, 0.2) is 5.16 Å². The summed E-state index contributed by atoms with van der Waals surface area (Å²) in [7, 11) is 0. The normalized spacial score (nSPS) is 10.6. The van der Waals surface area contributed by atoms with Gasteiger partial charge in [0, 0.05) is 12.2 Å². The number of para-hydroxylation sites is 1. The third kappa shape index (κ3) is 5.24. The first-order valence-electron chi connectivity index (χ1n) is 8.56. The smallest absolute Gasteiger partial charge is 0.343 e. The maximum Gasteiger partial charge on any atom is 0.343 e. The van der Waals surface area contributed by atoms with E-state index in [1.54, 1.807) is 24.3 Å². The van der Waals surface area contributed by atoms with Crippen molar-refractivity contribution in [1.82, 2.24) is 14.8 Å². The Kier molecular flexibility index (Phi) is 6.32. The van der Waals surface area contributed by atoms with Crippen LogP contribution in [0.2, 0.25) is 0 Å². The number of ether oxygens (including phenoxy) is 1. The Hall–Kier alpha value is -3.00. The van der Waals surface area contributed by atoms with Crippen LogP contribution in [0.4, 0.5) is 5.69 Å². The molecule has 0 unspecified atom stereocenters. The number of nitrogens with one attached hydrogen (secondary N) is 2. The Bertz CT molecular complexity index is 936. The van der Waals surface area contributed by atoms with Crippen LogP contribution in [-0.4, -0.2) is 26.4 Å². The first kappa shape index (κ1) is 18.8. The molecule has 3 rings (SSSR count). The highest BCUT2D eigenvalue weighted by Gasteiger charge is 2.11. The fourth-order valence-corrected chi connectivity index (χ4v) is 3.16. The highest BCUT2D eigenvalue weighted by Crippen LogP contribution is 2.23. The minimum atomic E-state index is -0.256. The molecule has 0 aliphatic heterocycles. The van der Waals surface area contributed by atoms with Crippen molar-refractivity contribution >= 4 is 23.4 Å². The molecule has 2 N–H and O–H groups in total. The molecule has 7 nitrogen and oxygen atoms in total. The van der Waals surface area contributed by atoms with Gasteiger partial charge in [0.25, 0.3) is 0 Å². The first-order chi connectivity index (χ1) is 13.2. The molecule has 1 amide bonds. The predicted octanol–water partition coefficient (Wildman–Crippen LogP) is 3.50. The van der Waals surface area contributed by atoms with Crippen molar-refractivity contribution in [3.05, 3.63) is 65.1 Å². The summed E-state index contributed by atoms with van der Waals surface area (Å²) in [6, 6.07) is 16.6. The molecule has 0 radical (unpaired) electrons. The van der Waals surface area contributed by atoms with Crippen LogP contribution < -0.4 is 15.7 Å². The van der Waals surface area contributed by atoms with E-state index < -0.39 is 0 Å². The standard InChI is InChI=1S/C19H20N4O3S/c1-2-12-23-18(25)21-22-19(23)27-13-17(24)20-14-8-10-16(11-9-14)26-15-6-4-3-5-7-15/h3-11H,2,12-13H2,1H3,(H,20,24)(H,21,25). The maximum absolute atomic E-state index is 12.1. The lowest BCUT2D eigenvalue weighted by Crippen LogP contribution is -2.18. The van der Waals surface area contributed by atoms with E-state index in [9.17, 15) is 9.59 Å². The number of amides is 1. The molecular formula is C19H20N4O3S. The number of rotatable bonds is 8. The number of thioether (sulfide) groups is 1. The molecule has 0 atom stereocenters.